The molecule has 2 unspecified atom stereocenters. The van der Waals surface area contributed by atoms with Crippen LogP contribution in [0.1, 0.15) is 6.42 Å². The number of nitrogens with zero attached hydrogens (tertiary/aromatic N) is 1. The summed E-state index contributed by atoms with van der Waals surface area (Å²) in [5.41, 5.74) is 0. The van der Waals surface area contributed by atoms with Gasteiger partial charge in [-0.1, -0.05) is 6.08 Å². The highest BCUT2D eigenvalue weighted by Crippen LogP contribution is 2.44. The number of esters is 1. The standard InChI is InChI=1S/C10H13NO3/c1-11-4-3-6-7(9(11)12)5-8(6)10(13)14-2/h3-4,6-8H,5H2,1-2H3/t6?,7?,8-/m1/s1. The average Bonchev–Trinajstić information content (AvgIpc) is 2.13. The molecule has 1 aliphatic heterocycles. The topological polar surface area (TPSA) is 46.6 Å². The Morgan fingerprint density at radius 3 is 3.00 bits per heavy atom. The lowest BCUT2D eigenvalue weighted by molar-refractivity contribution is -0.158. The summed E-state index contributed by atoms with van der Waals surface area (Å²) in [4.78, 5) is 24.4. The van der Waals surface area contributed by atoms with Gasteiger partial charge in [-0.3, -0.25) is 9.59 Å². The van der Waals surface area contributed by atoms with E-state index >= 15 is 0 Å². The summed E-state index contributed by atoms with van der Waals surface area (Å²) in [7, 11) is 3.12. The van der Waals surface area contributed by atoms with Gasteiger partial charge in [-0.05, 0) is 6.42 Å². The van der Waals surface area contributed by atoms with E-state index in [0.717, 1.165) is 0 Å². The Bertz CT molecular complexity index is 310. The van der Waals surface area contributed by atoms with Gasteiger partial charge in [0.2, 0.25) is 5.91 Å². The third-order valence-electron chi connectivity index (χ3n) is 3.14. The van der Waals surface area contributed by atoms with Crippen molar-refractivity contribution < 1.29 is 14.3 Å². The second-order valence-corrected chi connectivity index (χ2v) is 3.84. The number of hydrogen-bond acceptors (Lipinski definition) is 3. The minimum absolute atomic E-state index is 0.00546. The smallest absolute Gasteiger partial charge is 0.309 e. The fraction of sp³-hybridized carbons (Fsp3) is 0.600. The molecular weight excluding hydrogens is 182 g/mol. The Labute approximate surface area is 82.5 Å². The molecule has 1 fully saturated rings. The normalized spacial score (nSPS) is 34.9. The van der Waals surface area contributed by atoms with Gasteiger partial charge in [-0.15, -0.1) is 0 Å². The summed E-state index contributed by atoms with van der Waals surface area (Å²) in [5.74, 6) is -0.148. The predicted octanol–water partition coefficient (Wildman–Crippen LogP) is 0.397. The summed E-state index contributed by atoms with van der Waals surface area (Å²) >= 11 is 0. The van der Waals surface area contributed by atoms with Gasteiger partial charge in [0.15, 0.2) is 0 Å². The van der Waals surface area contributed by atoms with Crippen molar-refractivity contribution in [2.45, 2.75) is 6.42 Å². The third kappa shape index (κ3) is 1.14. The van der Waals surface area contributed by atoms with Gasteiger partial charge in [0, 0.05) is 25.1 Å². The minimum atomic E-state index is -0.201. The molecule has 0 N–H and O–H groups in total. The first-order valence-electron chi connectivity index (χ1n) is 4.68. The van der Waals surface area contributed by atoms with Gasteiger partial charge in [0.1, 0.15) is 0 Å². The van der Waals surface area contributed by atoms with Crippen molar-refractivity contribution in [3.63, 3.8) is 0 Å². The van der Waals surface area contributed by atoms with Crippen LogP contribution in [0.5, 0.6) is 0 Å². The molecule has 0 aromatic rings. The van der Waals surface area contributed by atoms with Gasteiger partial charge in [-0.2, -0.15) is 0 Å². The first-order valence-corrected chi connectivity index (χ1v) is 4.68. The van der Waals surface area contributed by atoms with E-state index in [1.54, 1.807) is 18.1 Å². The molecule has 1 saturated carbocycles. The van der Waals surface area contributed by atoms with Gasteiger partial charge >= 0.3 is 5.97 Å². The number of carbonyl (C=O) groups is 2. The van der Waals surface area contributed by atoms with Crippen LogP contribution in [0.25, 0.3) is 0 Å². The van der Waals surface area contributed by atoms with Crippen LogP contribution >= 0.6 is 0 Å². The second-order valence-electron chi connectivity index (χ2n) is 3.84. The summed E-state index contributed by atoms with van der Waals surface area (Å²) in [6.45, 7) is 0. The maximum atomic E-state index is 11.6. The van der Waals surface area contributed by atoms with Crippen molar-refractivity contribution in [1.82, 2.24) is 4.90 Å². The van der Waals surface area contributed by atoms with Crippen molar-refractivity contribution in [3.05, 3.63) is 12.3 Å². The van der Waals surface area contributed by atoms with Crippen LogP contribution in [0.15, 0.2) is 12.3 Å². The first kappa shape index (κ1) is 9.24. The molecule has 3 atom stereocenters. The highest BCUT2D eigenvalue weighted by Gasteiger charge is 2.50. The molecule has 0 aromatic heterocycles. The van der Waals surface area contributed by atoms with E-state index in [1.807, 2.05) is 6.08 Å². The third-order valence-corrected chi connectivity index (χ3v) is 3.14. The SMILES string of the molecule is COC(=O)[C@@H]1CC2C(=O)N(C)C=CC21. The van der Waals surface area contributed by atoms with Crippen LogP contribution in [-0.4, -0.2) is 30.9 Å². The van der Waals surface area contributed by atoms with E-state index in [0.29, 0.717) is 6.42 Å². The predicted molar refractivity (Wildman–Crippen MR) is 49.0 cm³/mol. The maximum Gasteiger partial charge on any atom is 0.309 e. The molecule has 14 heavy (non-hydrogen) atoms. The molecule has 2 aliphatic rings. The molecule has 0 spiro atoms. The van der Waals surface area contributed by atoms with E-state index in [-0.39, 0.29) is 29.6 Å². The first-order chi connectivity index (χ1) is 6.65. The number of fused-ring (bicyclic) bond motifs is 1. The van der Waals surface area contributed by atoms with Crippen LogP contribution < -0.4 is 0 Å². The van der Waals surface area contributed by atoms with Gasteiger partial charge in [0.05, 0.1) is 13.0 Å². The molecule has 1 aliphatic carbocycles. The van der Waals surface area contributed by atoms with Crippen molar-refractivity contribution in [2.75, 3.05) is 14.2 Å². The summed E-state index contributed by atoms with van der Waals surface area (Å²) in [6, 6.07) is 0. The summed E-state index contributed by atoms with van der Waals surface area (Å²) in [6.07, 6.45) is 4.29. The van der Waals surface area contributed by atoms with Crippen molar-refractivity contribution in [3.8, 4) is 0 Å². The number of amides is 1. The summed E-state index contributed by atoms with van der Waals surface area (Å²) in [5, 5.41) is 0. The molecule has 0 aromatic carbocycles. The zero-order chi connectivity index (χ0) is 10.3. The molecule has 4 heteroatoms. The molecule has 76 valence electrons. The molecular formula is C10H13NO3. The van der Waals surface area contributed by atoms with Crippen molar-refractivity contribution >= 4 is 11.9 Å². The number of hydrogen-bond donors (Lipinski definition) is 0. The van der Waals surface area contributed by atoms with E-state index < -0.39 is 0 Å². The highest BCUT2D eigenvalue weighted by atomic mass is 16.5. The second kappa shape index (κ2) is 3.12. The van der Waals surface area contributed by atoms with Gasteiger partial charge in [0.25, 0.3) is 0 Å². The quantitative estimate of drug-likeness (QED) is 0.569. The lowest BCUT2D eigenvalue weighted by Gasteiger charge is -2.44. The monoisotopic (exact) mass is 195 g/mol. The van der Waals surface area contributed by atoms with E-state index in [4.69, 9.17) is 0 Å². The average molecular weight is 195 g/mol. The maximum absolute atomic E-state index is 11.6. The van der Waals surface area contributed by atoms with E-state index in [9.17, 15) is 9.59 Å². The van der Waals surface area contributed by atoms with Crippen molar-refractivity contribution in [2.24, 2.45) is 17.8 Å². The van der Waals surface area contributed by atoms with Gasteiger partial charge < -0.3 is 9.64 Å². The molecule has 2 rings (SSSR count). The lowest BCUT2D eigenvalue weighted by Crippen LogP contribution is -2.50. The zero-order valence-corrected chi connectivity index (χ0v) is 8.27. The fourth-order valence-corrected chi connectivity index (χ4v) is 2.17. The molecule has 0 radical (unpaired) electrons. The Balaban J connectivity index is 2.11. The summed E-state index contributed by atoms with van der Waals surface area (Å²) < 4.78 is 4.67. The Morgan fingerprint density at radius 1 is 1.64 bits per heavy atom. The zero-order valence-electron chi connectivity index (χ0n) is 8.27. The number of allylic oxidation sites excluding steroid dienone is 1. The number of ether oxygens (including phenoxy) is 1. The largest absolute Gasteiger partial charge is 0.469 e. The van der Waals surface area contributed by atoms with Crippen LogP contribution in [0, 0.1) is 17.8 Å². The molecule has 4 nitrogen and oxygen atoms in total. The van der Waals surface area contributed by atoms with Crippen molar-refractivity contribution in [1.29, 1.82) is 0 Å². The Kier molecular flexibility index (Phi) is 2.06. The van der Waals surface area contributed by atoms with E-state index in [1.165, 1.54) is 7.11 Å². The Hall–Kier alpha value is -1.32. The van der Waals surface area contributed by atoms with Crippen LogP contribution in [0.2, 0.25) is 0 Å². The lowest BCUT2D eigenvalue weighted by atomic mass is 9.63. The molecule has 1 heterocycles. The van der Waals surface area contributed by atoms with Crippen LogP contribution in [-0.2, 0) is 14.3 Å². The fourth-order valence-electron chi connectivity index (χ4n) is 2.17. The van der Waals surface area contributed by atoms with Crippen LogP contribution in [0.3, 0.4) is 0 Å². The number of rotatable bonds is 1. The molecule has 0 saturated heterocycles. The van der Waals surface area contributed by atoms with E-state index in [2.05, 4.69) is 4.74 Å². The highest BCUT2D eigenvalue weighted by molar-refractivity contribution is 5.86. The molecule has 0 bridgehead atoms. The number of carbonyl (C=O) groups excluding carboxylic acids is 2. The Morgan fingerprint density at radius 2 is 2.36 bits per heavy atom. The molecule has 1 amide bonds. The number of methoxy groups -OCH3 is 1. The van der Waals surface area contributed by atoms with Gasteiger partial charge in [-0.25, -0.2) is 0 Å². The minimum Gasteiger partial charge on any atom is -0.469 e. The van der Waals surface area contributed by atoms with Crippen LogP contribution in [0.4, 0.5) is 0 Å².